The Morgan fingerprint density at radius 1 is 0.909 bits per heavy atom. The Kier molecular flexibility index (Phi) is 6.05. The van der Waals surface area contributed by atoms with E-state index >= 15 is 0 Å². The maximum absolute atomic E-state index is 13.2. The molecule has 0 unspecified atom stereocenters. The van der Waals surface area contributed by atoms with Crippen molar-refractivity contribution >= 4 is 10.0 Å². The molecule has 0 spiro atoms. The van der Waals surface area contributed by atoms with Crippen molar-refractivity contribution < 1.29 is 22.3 Å². The third-order valence-corrected chi connectivity index (χ3v) is 7.89. The molecule has 10 heteroatoms. The molecule has 174 valence electrons. The van der Waals surface area contributed by atoms with Gasteiger partial charge in [0.25, 0.3) is 0 Å². The molecule has 5 rings (SSSR count). The van der Waals surface area contributed by atoms with Crippen molar-refractivity contribution in [2.24, 2.45) is 0 Å². The smallest absolute Gasteiger partial charge is 0.247 e. The lowest BCUT2D eigenvalue weighted by atomic mass is 10.2. The quantitative estimate of drug-likeness (QED) is 0.561. The Hall–Kier alpha value is -2.95. The maximum Gasteiger partial charge on any atom is 0.247 e. The van der Waals surface area contributed by atoms with Crippen molar-refractivity contribution in [3.05, 3.63) is 54.4 Å². The number of piperazine rings is 1. The van der Waals surface area contributed by atoms with Gasteiger partial charge < -0.3 is 13.9 Å². The van der Waals surface area contributed by atoms with Gasteiger partial charge >= 0.3 is 0 Å². The minimum atomic E-state index is -3.63. The largest absolute Gasteiger partial charge is 0.490 e. The number of ether oxygens (including phenoxy) is 2. The van der Waals surface area contributed by atoms with E-state index in [2.05, 4.69) is 15.1 Å². The van der Waals surface area contributed by atoms with Gasteiger partial charge in [0.15, 0.2) is 11.5 Å². The number of fused-ring (bicyclic) bond motifs is 1. The monoisotopic (exact) mass is 470 g/mol. The van der Waals surface area contributed by atoms with Crippen LogP contribution in [0.3, 0.4) is 0 Å². The molecule has 1 aromatic heterocycles. The van der Waals surface area contributed by atoms with Crippen molar-refractivity contribution in [2.45, 2.75) is 24.3 Å². The van der Waals surface area contributed by atoms with Gasteiger partial charge in [-0.2, -0.15) is 4.31 Å². The van der Waals surface area contributed by atoms with Crippen LogP contribution in [-0.4, -0.2) is 67.2 Å². The summed E-state index contributed by atoms with van der Waals surface area (Å²) in [6, 6.07) is 14.3. The fourth-order valence-electron chi connectivity index (χ4n) is 4.04. The first-order chi connectivity index (χ1) is 16.0. The van der Waals surface area contributed by atoms with Gasteiger partial charge in [0, 0.05) is 44.2 Å². The molecule has 3 heterocycles. The van der Waals surface area contributed by atoms with Crippen molar-refractivity contribution in [2.75, 3.05) is 39.4 Å². The highest BCUT2D eigenvalue weighted by atomic mass is 32.2. The van der Waals surface area contributed by atoms with Gasteiger partial charge in [-0.1, -0.05) is 18.2 Å². The van der Waals surface area contributed by atoms with E-state index in [4.69, 9.17) is 13.9 Å². The van der Waals surface area contributed by atoms with Crippen LogP contribution in [0.15, 0.2) is 57.8 Å². The summed E-state index contributed by atoms with van der Waals surface area (Å²) in [6.07, 6.45) is 0.768. The Morgan fingerprint density at radius 2 is 1.64 bits per heavy atom. The van der Waals surface area contributed by atoms with Crippen LogP contribution in [0.4, 0.5) is 0 Å². The van der Waals surface area contributed by atoms with Crippen LogP contribution >= 0.6 is 0 Å². The zero-order valence-electron chi connectivity index (χ0n) is 18.4. The number of rotatable bonds is 5. The number of sulfonamides is 1. The molecular weight excluding hydrogens is 444 g/mol. The Bertz CT molecular complexity index is 1210. The SMILES string of the molecule is C[C@H](c1nnc(-c2ccccc2)o1)N1CCN(S(=O)(=O)c2ccc3c(c2)OCCCO3)CC1. The molecule has 0 bridgehead atoms. The van der Waals surface area contributed by atoms with Crippen molar-refractivity contribution in [3.63, 3.8) is 0 Å². The molecule has 0 aliphatic carbocycles. The number of hydrogen-bond donors (Lipinski definition) is 0. The highest BCUT2D eigenvalue weighted by Crippen LogP contribution is 2.33. The molecule has 0 N–H and O–H groups in total. The van der Waals surface area contributed by atoms with Gasteiger partial charge in [0.2, 0.25) is 21.8 Å². The van der Waals surface area contributed by atoms with Crippen molar-refractivity contribution in [3.8, 4) is 23.0 Å². The molecule has 0 radical (unpaired) electrons. The lowest BCUT2D eigenvalue weighted by Gasteiger charge is -2.36. The number of nitrogens with zero attached hydrogens (tertiary/aromatic N) is 4. The molecule has 2 aliphatic rings. The second-order valence-electron chi connectivity index (χ2n) is 8.09. The Morgan fingerprint density at radius 3 is 2.39 bits per heavy atom. The van der Waals surface area contributed by atoms with E-state index in [9.17, 15) is 8.42 Å². The molecule has 1 saturated heterocycles. The second-order valence-corrected chi connectivity index (χ2v) is 10.0. The molecule has 0 amide bonds. The van der Waals surface area contributed by atoms with E-state index in [-0.39, 0.29) is 10.9 Å². The van der Waals surface area contributed by atoms with E-state index in [1.807, 2.05) is 37.3 Å². The van der Waals surface area contributed by atoms with Gasteiger partial charge in [0.1, 0.15) is 0 Å². The summed E-state index contributed by atoms with van der Waals surface area (Å²) in [6.45, 7) is 4.95. The first kappa shape index (κ1) is 21.9. The number of benzene rings is 2. The van der Waals surface area contributed by atoms with Gasteiger partial charge in [0.05, 0.1) is 24.2 Å². The molecule has 3 aromatic rings. The fraction of sp³-hybridized carbons (Fsp3) is 0.391. The summed E-state index contributed by atoms with van der Waals surface area (Å²) in [5.74, 6) is 2.06. The summed E-state index contributed by atoms with van der Waals surface area (Å²) in [5, 5.41) is 8.38. The van der Waals surface area contributed by atoms with Crippen LogP contribution < -0.4 is 9.47 Å². The highest BCUT2D eigenvalue weighted by Gasteiger charge is 2.32. The minimum Gasteiger partial charge on any atom is -0.490 e. The van der Waals surface area contributed by atoms with E-state index in [0.29, 0.717) is 62.7 Å². The average Bonchev–Trinajstić information content (AvgIpc) is 3.23. The standard InChI is InChI=1S/C23H26N4O5S/c1-17(22-24-25-23(32-22)18-6-3-2-4-7-18)26-10-12-27(13-11-26)33(28,29)19-8-9-20-21(16-19)31-15-5-14-30-20/h2-4,6-9,16-17H,5,10-15H2,1H3/t17-/m1/s1. The lowest BCUT2D eigenvalue weighted by Crippen LogP contribution is -2.49. The Balaban J connectivity index is 1.25. The summed E-state index contributed by atoms with van der Waals surface area (Å²) in [7, 11) is -3.63. The van der Waals surface area contributed by atoms with Crippen LogP contribution in [0, 0.1) is 0 Å². The summed E-state index contributed by atoms with van der Waals surface area (Å²) >= 11 is 0. The maximum atomic E-state index is 13.2. The van der Waals surface area contributed by atoms with E-state index in [1.165, 1.54) is 4.31 Å². The number of aromatic nitrogens is 2. The van der Waals surface area contributed by atoms with Crippen LogP contribution in [0.25, 0.3) is 11.5 Å². The molecule has 2 aliphatic heterocycles. The molecule has 2 aromatic carbocycles. The van der Waals surface area contributed by atoms with Crippen LogP contribution in [0.2, 0.25) is 0 Å². The van der Waals surface area contributed by atoms with Crippen molar-refractivity contribution in [1.29, 1.82) is 0 Å². The topological polar surface area (TPSA) is 98.0 Å². The van der Waals surface area contributed by atoms with Crippen molar-refractivity contribution in [1.82, 2.24) is 19.4 Å². The molecule has 1 atom stereocenters. The average molecular weight is 471 g/mol. The molecule has 0 saturated carbocycles. The minimum absolute atomic E-state index is 0.113. The third kappa shape index (κ3) is 4.46. The molecular formula is C23H26N4O5S. The molecule has 9 nitrogen and oxygen atoms in total. The predicted octanol–water partition coefficient (Wildman–Crippen LogP) is 2.97. The zero-order chi connectivity index (χ0) is 22.8. The highest BCUT2D eigenvalue weighted by molar-refractivity contribution is 7.89. The lowest BCUT2D eigenvalue weighted by molar-refractivity contribution is 0.129. The summed E-state index contributed by atoms with van der Waals surface area (Å²) < 4.78 is 45.2. The Labute approximate surface area is 193 Å². The molecule has 33 heavy (non-hydrogen) atoms. The van der Waals surface area contributed by atoms with E-state index < -0.39 is 10.0 Å². The van der Waals surface area contributed by atoms with E-state index in [1.54, 1.807) is 18.2 Å². The normalized spacial score (nSPS) is 18.6. The van der Waals surface area contributed by atoms with Gasteiger partial charge in [-0.15, -0.1) is 10.2 Å². The fourth-order valence-corrected chi connectivity index (χ4v) is 5.48. The van der Waals surface area contributed by atoms with Crippen LogP contribution in [0.5, 0.6) is 11.5 Å². The first-order valence-electron chi connectivity index (χ1n) is 11.0. The first-order valence-corrected chi connectivity index (χ1v) is 12.5. The number of hydrogen-bond acceptors (Lipinski definition) is 8. The van der Waals surface area contributed by atoms with E-state index in [0.717, 1.165) is 12.0 Å². The van der Waals surface area contributed by atoms with Crippen LogP contribution in [0.1, 0.15) is 25.3 Å². The predicted molar refractivity (Wildman–Crippen MR) is 121 cm³/mol. The second kappa shape index (κ2) is 9.12. The summed E-state index contributed by atoms with van der Waals surface area (Å²) in [4.78, 5) is 2.38. The molecule has 1 fully saturated rings. The van der Waals surface area contributed by atoms with Crippen LogP contribution in [-0.2, 0) is 10.0 Å². The summed E-state index contributed by atoms with van der Waals surface area (Å²) in [5.41, 5.74) is 0.870. The third-order valence-electron chi connectivity index (χ3n) is 6.00. The zero-order valence-corrected chi connectivity index (χ0v) is 19.2. The van der Waals surface area contributed by atoms with Gasteiger partial charge in [-0.3, -0.25) is 4.90 Å². The van der Waals surface area contributed by atoms with Gasteiger partial charge in [-0.05, 0) is 31.2 Å². The van der Waals surface area contributed by atoms with Gasteiger partial charge in [-0.25, -0.2) is 8.42 Å².